The van der Waals surface area contributed by atoms with Crippen LogP contribution in [0.5, 0.6) is 5.75 Å². The van der Waals surface area contributed by atoms with E-state index in [2.05, 4.69) is 15.5 Å². The molecule has 0 aromatic heterocycles. The Bertz CT molecular complexity index is 1290. The number of nitrogen functional groups attached to an aromatic ring is 1. The normalized spacial score (nSPS) is 15.6. The quantitative estimate of drug-likeness (QED) is 0.0710. The monoisotopic (exact) mass is 606 g/mol. The molecule has 2 aromatic rings. The number of benzene rings is 2. The van der Waals surface area contributed by atoms with Gasteiger partial charge < -0.3 is 31.7 Å². The summed E-state index contributed by atoms with van der Waals surface area (Å²) in [6, 6.07) is 7.27. The van der Waals surface area contributed by atoms with Crippen molar-refractivity contribution in [3.63, 3.8) is 0 Å². The predicted molar refractivity (Wildman–Crippen MR) is 163 cm³/mol. The lowest BCUT2D eigenvalue weighted by molar-refractivity contribution is -0.137. The zero-order valence-electron chi connectivity index (χ0n) is 24.9. The van der Waals surface area contributed by atoms with Crippen molar-refractivity contribution >= 4 is 23.0 Å². The average Bonchev–Trinajstić information content (AvgIpc) is 2.95. The molecular weight excluding hydrogens is 564 g/mol. The van der Waals surface area contributed by atoms with E-state index in [0.717, 1.165) is 44.5 Å². The van der Waals surface area contributed by atoms with Crippen molar-refractivity contribution < 1.29 is 27.1 Å². The number of unbranched alkanes of at least 4 members (excludes halogenated alkanes) is 1. The summed E-state index contributed by atoms with van der Waals surface area (Å²) in [5, 5.41) is 5.58. The van der Waals surface area contributed by atoms with Crippen molar-refractivity contribution in [3.8, 4) is 5.75 Å². The highest BCUT2D eigenvalue weighted by Crippen LogP contribution is 2.34. The van der Waals surface area contributed by atoms with Gasteiger partial charge in [0.05, 0.1) is 35.3 Å². The number of nitrogens with zero attached hydrogens (tertiary/aromatic N) is 2. The maximum absolute atomic E-state index is 14.4. The lowest BCUT2D eigenvalue weighted by Crippen LogP contribution is -2.40. The third-order valence-electron chi connectivity index (χ3n) is 7.12. The number of piperidine rings is 1. The highest BCUT2D eigenvalue weighted by Gasteiger charge is 2.31. The van der Waals surface area contributed by atoms with Gasteiger partial charge in [0.15, 0.2) is 0 Å². The number of allylic oxidation sites excluding steroid dienone is 2. The first-order valence-electron chi connectivity index (χ1n) is 14.5. The highest BCUT2D eigenvalue weighted by molar-refractivity contribution is 5.79. The molecule has 1 amide bonds. The van der Waals surface area contributed by atoms with Crippen LogP contribution in [-0.2, 0) is 11.0 Å². The Balaban J connectivity index is 1.71. The number of hydrogen-bond acceptors (Lipinski definition) is 7. The fourth-order valence-corrected chi connectivity index (χ4v) is 4.81. The first-order chi connectivity index (χ1) is 20.4. The number of hydrogen-bond donors (Lipinski definition) is 4. The Labute approximate surface area is 250 Å². The van der Waals surface area contributed by atoms with Crippen LogP contribution in [0.15, 0.2) is 60.1 Å². The van der Waals surface area contributed by atoms with E-state index < -0.39 is 23.7 Å². The maximum atomic E-state index is 14.4. The summed E-state index contributed by atoms with van der Waals surface area (Å²) in [7, 11) is 1.71. The van der Waals surface area contributed by atoms with Crippen molar-refractivity contribution in [2.75, 3.05) is 42.6 Å². The third kappa shape index (κ3) is 10.1. The number of amides is 1. The van der Waals surface area contributed by atoms with Crippen LogP contribution in [0, 0.1) is 5.82 Å². The molecule has 3 rings (SSSR count). The summed E-state index contributed by atoms with van der Waals surface area (Å²) in [5.41, 5.74) is 12.2. The van der Waals surface area contributed by atoms with Gasteiger partial charge >= 0.3 is 6.18 Å². The van der Waals surface area contributed by atoms with Crippen molar-refractivity contribution in [2.45, 2.75) is 64.7 Å². The summed E-state index contributed by atoms with van der Waals surface area (Å²) < 4.78 is 60.0. The number of likely N-dealkylation sites (tertiary alicyclic amines) is 1. The van der Waals surface area contributed by atoms with Crippen molar-refractivity contribution in [2.24, 2.45) is 5.73 Å². The molecule has 0 aliphatic carbocycles. The zero-order valence-corrected chi connectivity index (χ0v) is 24.9. The Morgan fingerprint density at radius 3 is 2.49 bits per heavy atom. The standard InChI is InChI=1S/C31H42F4N6O2/c1-4-6-10-22(19-28(37)39-30(42)20-41-15-8-7-9-16-41)43-23-12-14-27(25(36)18-23)40(3)29(5-2)38-26-17-21(31(33,34)35)11-13-24(26)32/h10-14,17-19,29,38H,4-9,15-16,20,36-37H2,1-3H3,(H,39,42)/b22-10+,28-19+. The van der Waals surface area contributed by atoms with Crippen LogP contribution in [0.2, 0.25) is 0 Å². The molecule has 1 unspecified atom stereocenters. The lowest BCUT2D eigenvalue weighted by Gasteiger charge is -2.32. The van der Waals surface area contributed by atoms with E-state index in [4.69, 9.17) is 16.2 Å². The van der Waals surface area contributed by atoms with Gasteiger partial charge in [-0.15, -0.1) is 0 Å². The van der Waals surface area contributed by atoms with Crippen molar-refractivity contribution in [1.29, 1.82) is 0 Å². The SMILES string of the molecule is CCC/C=C(\C=C(/N)NC(=O)CN1CCCCC1)Oc1ccc(N(C)C(CC)Nc2cc(C(F)(F)F)ccc2F)c(N)c1. The Morgan fingerprint density at radius 1 is 1.14 bits per heavy atom. The van der Waals surface area contributed by atoms with Gasteiger partial charge in [0, 0.05) is 19.2 Å². The fourth-order valence-electron chi connectivity index (χ4n) is 4.81. The molecule has 1 heterocycles. The number of anilines is 3. The minimum absolute atomic E-state index is 0.160. The van der Waals surface area contributed by atoms with Crippen LogP contribution in [0.3, 0.4) is 0 Å². The molecule has 0 saturated carbocycles. The van der Waals surface area contributed by atoms with Gasteiger partial charge in [-0.1, -0.05) is 26.7 Å². The van der Waals surface area contributed by atoms with E-state index in [9.17, 15) is 22.4 Å². The molecule has 8 nitrogen and oxygen atoms in total. The summed E-state index contributed by atoms with van der Waals surface area (Å²) >= 11 is 0. The number of halogens is 4. The fraction of sp³-hybridized carbons (Fsp3) is 0.452. The van der Waals surface area contributed by atoms with Crippen molar-refractivity contribution in [1.82, 2.24) is 10.2 Å². The minimum Gasteiger partial charge on any atom is -0.457 e. The molecule has 1 aliphatic heterocycles. The van der Waals surface area contributed by atoms with Gasteiger partial charge in [-0.3, -0.25) is 9.69 Å². The molecule has 43 heavy (non-hydrogen) atoms. The molecule has 12 heteroatoms. The van der Waals surface area contributed by atoms with Crippen LogP contribution in [0.1, 0.15) is 57.9 Å². The Morgan fingerprint density at radius 2 is 1.86 bits per heavy atom. The van der Waals surface area contributed by atoms with E-state index in [1.807, 2.05) is 19.9 Å². The van der Waals surface area contributed by atoms with E-state index in [1.54, 1.807) is 36.2 Å². The van der Waals surface area contributed by atoms with E-state index in [0.29, 0.717) is 41.8 Å². The Kier molecular flexibility index (Phi) is 12.1. The molecule has 236 valence electrons. The van der Waals surface area contributed by atoms with Crippen LogP contribution in [0.25, 0.3) is 0 Å². The lowest BCUT2D eigenvalue weighted by atomic mass is 10.1. The molecule has 6 N–H and O–H groups in total. The van der Waals surface area contributed by atoms with E-state index in [-0.39, 0.29) is 24.0 Å². The van der Waals surface area contributed by atoms with Crippen LogP contribution in [0.4, 0.5) is 34.6 Å². The van der Waals surface area contributed by atoms with Crippen LogP contribution < -0.4 is 31.7 Å². The average molecular weight is 607 g/mol. The summed E-state index contributed by atoms with van der Waals surface area (Å²) in [5.74, 6) is 0.0356. The molecule has 1 saturated heterocycles. The smallest absolute Gasteiger partial charge is 0.416 e. The number of ether oxygens (including phenoxy) is 1. The predicted octanol–water partition coefficient (Wildman–Crippen LogP) is 6.18. The summed E-state index contributed by atoms with van der Waals surface area (Å²) in [4.78, 5) is 16.3. The number of nitrogens with one attached hydrogen (secondary N) is 2. The second-order valence-corrected chi connectivity index (χ2v) is 10.6. The first kappa shape index (κ1) is 33.6. The second-order valence-electron chi connectivity index (χ2n) is 10.6. The van der Waals surface area contributed by atoms with Gasteiger partial charge in [-0.05, 0) is 75.2 Å². The van der Waals surface area contributed by atoms with E-state index >= 15 is 0 Å². The molecule has 1 atom stereocenters. The summed E-state index contributed by atoms with van der Waals surface area (Å²) in [6.07, 6.45) is 3.61. The summed E-state index contributed by atoms with van der Waals surface area (Å²) in [6.45, 7) is 5.91. The largest absolute Gasteiger partial charge is 0.457 e. The molecular formula is C31H42F4N6O2. The molecule has 1 aliphatic rings. The number of nitrogens with two attached hydrogens (primary N) is 2. The molecule has 0 bridgehead atoms. The van der Waals surface area contributed by atoms with Gasteiger partial charge in [-0.25, -0.2) is 4.39 Å². The highest BCUT2D eigenvalue weighted by atomic mass is 19.4. The maximum Gasteiger partial charge on any atom is 0.416 e. The second kappa shape index (κ2) is 15.5. The van der Waals surface area contributed by atoms with Gasteiger partial charge in [0.2, 0.25) is 5.91 Å². The van der Waals surface area contributed by atoms with Gasteiger partial charge in [0.25, 0.3) is 0 Å². The van der Waals surface area contributed by atoms with Gasteiger partial charge in [0.1, 0.15) is 23.1 Å². The van der Waals surface area contributed by atoms with E-state index in [1.165, 1.54) is 6.42 Å². The molecule has 2 aromatic carbocycles. The number of carbonyl (C=O) groups is 1. The molecule has 0 spiro atoms. The van der Waals surface area contributed by atoms with Crippen LogP contribution >= 0.6 is 0 Å². The van der Waals surface area contributed by atoms with Crippen LogP contribution in [-0.4, -0.2) is 43.7 Å². The molecule has 1 fully saturated rings. The Hall–Kier alpha value is -3.93. The number of carbonyl (C=O) groups excluding carboxylic acids is 1. The molecule has 0 radical (unpaired) electrons. The number of rotatable bonds is 13. The van der Waals surface area contributed by atoms with Gasteiger partial charge in [-0.2, -0.15) is 13.2 Å². The first-order valence-corrected chi connectivity index (χ1v) is 14.5. The zero-order chi connectivity index (χ0) is 31.6. The minimum atomic E-state index is -4.60. The third-order valence-corrected chi connectivity index (χ3v) is 7.12. The van der Waals surface area contributed by atoms with Crippen molar-refractivity contribution in [3.05, 3.63) is 71.5 Å². The number of alkyl halides is 3. The topological polar surface area (TPSA) is 109 Å².